The van der Waals surface area contributed by atoms with Crippen LogP contribution < -0.4 is 5.32 Å². The summed E-state index contributed by atoms with van der Waals surface area (Å²) in [6, 6.07) is 9.29. The van der Waals surface area contributed by atoms with E-state index in [2.05, 4.69) is 31.2 Å². The molecule has 3 nitrogen and oxygen atoms in total. The highest BCUT2D eigenvalue weighted by Gasteiger charge is 2.10. The Balaban J connectivity index is 1.75. The van der Waals surface area contributed by atoms with Gasteiger partial charge >= 0.3 is 0 Å². The first-order valence-corrected chi connectivity index (χ1v) is 7.93. The summed E-state index contributed by atoms with van der Waals surface area (Å²) in [5.41, 5.74) is 1.42. The van der Waals surface area contributed by atoms with Crippen LogP contribution in [0.1, 0.15) is 18.4 Å². The van der Waals surface area contributed by atoms with Gasteiger partial charge in [-0.3, -0.25) is 0 Å². The van der Waals surface area contributed by atoms with Gasteiger partial charge in [0.15, 0.2) is 0 Å². The maximum atomic E-state index is 13.3. The minimum absolute atomic E-state index is 0.0815. The molecule has 0 aliphatic heterocycles. The van der Waals surface area contributed by atoms with Gasteiger partial charge in [0, 0.05) is 28.7 Å². The Morgan fingerprint density at radius 1 is 1.17 bits per heavy atom. The van der Waals surface area contributed by atoms with Gasteiger partial charge in [-0.05, 0) is 35.7 Å². The quantitative estimate of drug-likeness (QED) is 0.703. The van der Waals surface area contributed by atoms with E-state index >= 15 is 0 Å². The molecule has 0 saturated heterocycles. The summed E-state index contributed by atoms with van der Waals surface area (Å²) in [4.78, 5) is 8.70. The predicted octanol–water partition coefficient (Wildman–Crippen LogP) is 4.89. The second-order valence-electron chi connectivity index (χ2n) is 5.35. The molecule has 6 heteroatoms. The Bertz CT molecular complexity index is 834. The number of benzene rings is 2. The Morgan fingerprint density at radius 3 is 2.65 bits per heavy atom. The van der Waals surface area contributed by atoms with Gasteiger partial charge in [0.25, 0.3) is 0 Å². The third kappa shape index (κ3) is 3.64. The van der Waals surface area contributed by atoms with Crippen LogP contribution in [0.3, 0.4) is 0 Å². The van der Waals surface area contributed by atoms with Crippen molar-refractivity contribution in [1.82, 2.24) is 9.97 Å². The summed E-state index contributed by atoms with van der Waals surface area (Å²) in [6.07, 6.45) is 1.74. The van der Waals surface area contributed by atoms with Crippen LogP contribution in [0.4, 0.5) is 14.7 Å². The highest BCUT2D eigenvalue weighted by Crippen LogP contribution is 2.23. The molecule has 3 rings (SSSR count). The first-order valence-electron chi connectivity index (χ1n) is 7.14. The number of aromatic nitrogens is 2. The van der Waals surface area contributed by atoms with Crippen LogP contribution in [0.2, 0.25) is 0 Å². The lowest BCUT2D eigenvalue weighted by molar-refractivity contribution is 0.576. The molecule has 1 aromatic heterocycles. The van der Waals surface area contributed by atoms with E-state index < -0.39 is 11.6 Å². The van der Waals surface area contributed by atoms with Gasteiger partial charge in [-0.2, -0.15) is 0 Å². The number of rotatable bonds is 4. The van der Waals surface area contributed by atoms with Crippen molar-refractivity contribution < 1.29 is 8.78 Å². The van der Waals surface area contributed by atoms with Crippen LogP contribution in [-0.2, 0) is 0 Å². The molecular weight excluding hydrogens is 364 g/mol. The second kappa shape index (κ2) is 6.58. The van der Waals surface area contributed by atoms with Crippen molar-refractivity contribution in [3.8, 4) is 0 Å². The summed E-state index contributed by atoms with van der Waals surface area (Å²) < 4.78 is 27.5. The van der Waals surface area contributed by atoms with Gasteiger partial charge < -0.3 is 5.32 Å². The third-order valence-corrected chi connectivity index (χ3v) is 4.28. The lowest BCUT2D eigenvalue weighted by atomic mass is 10.0. The number of nitrogens with zero attached hydrogens (tertiary/aromatic N) is 2. The third-order valence-electron chi connectivity index (χ3n) is 3.59. The van der Waals surface area contributed by atoms with Gasteiger partial charge in [0.1, 0.15) is 11.6 Å². The first kappa shape index (κ1) is 15.8. The van der Waals surface area contributed by atoms with Crippen molar-refractivity contribution in [1.29, 1.82) is 0 Å². The van der Waals surface area contributed by atoms with Gasteiger partial charge in [0.2, 0.25) is 5.95 Å². The summed E-state index contributed by atoms with van der Waals surface area (Å²) in [7, 11) is 0. The molecule has 1 heterocycles. The minimum Gasteiger partial charge on any atom is -0.354 e. The zero-order valence-corrected chi connectivity index (χ0v) is 13.9. The molecular formula is C17H14BrF2N3. The maximum Gasteiger partial charge on any atom is 0.223 e. The molecule has 23 heavy (non-hydrogen) atoms. The number of fused-ring (bicyclic) bond motifs is 1. The SMILES string of the molecule is CC(CNc1ncc2c(Br)cccc2n1)c1cc(F)cc(F)c1. The Kier molecular flexibility index (Phi) is 4.52. The topological polar surface area (TPSA) is 37.8 Å². The van der Waals surface area contributed by atoms with Crippen LogP contribution in [-0.4, -0.2) is 16.5 Å². The molecule has 0 amide bonds. The number of anilines is 1. The molecule has 0 aliphatic rings. The molecule has 0 aliphatic carbocycles. The van der Waals surface area contributed by atoms with Crippen LogP contribution in [0.15, 0.2) is 47.1 Å². The molecule has 2 aromatic carbocycles. The highest BCUT2D eigenvalue weighted by atomic mass is 79.9. The molecule has 0 bridgehead atoms. The highest BCUT2D eigenvalue weighted by molar-refractivity contribution is 9.10. The summed E-state index contributed by atoms with van der Waals surface area (Å²) >= 11 is 3.46. The molecule has 3 aromatic rings. The van der Waals surface area contributed by atoms with E-state index in [0.29, 0.717) is 18.1 Å². The van der Waals surface area contributed by atoms with Gasteiger partial charge in [0.05, 0.1) is 5.52 Å². The zero-order chi connectivity index (χ0) is 16.4. The maximum absolute atomic E-state index is 13.3. The smallest absolute Gasteiger partial charge is 0.223 e. The van der Waals surface area contributed by atoms with E-state index in [-0.39, 0.29) is 5.92 Å². The van der Waals surface area contributed by atoms with Gasteiger partial charge in [-0.25, -0.2) is 18.7 Å². The largest absolute Gasteiger partial charge is 0.354 e. The fraction of sp³-hybridized carbons (Fsp3) is 0.176. The fourth-order valence-corrected chi connectivity index (χ4v) is 2.78. The van der Waals surface area contributed by atoms with Crippen molar-refractivity contribution in [2.75, 3.05) is 11.9 Å². The van der Waals surface area contributed by atoms with Gasteiger partial charge in [-0.15, -0.1) is 0 Å². The number of nitrogens with one attached hydrogen (secondary N) is 1. The monoisotopic (exact) mass is 377 g/mol. The van der Waals surface area contributed by atoms with Crippen molar-refractivity contribution in [2.24, 2.45) is 0 Å². The summed E-state index contributed by atoms with van der Waals surface area (Å²) in [5.74, 6) is -0.737. The number of hydrogen-bond acceptors (Lipinski definition) is 3. The fourth-order valence-electron chi connectivity index (χ4n) is 2.33. The minimum atomic E-state index is -0.571. The molecule has 0 fully saturated rings. The lowest BCUT2D eigenvalue weighted by Crippen LogP contribution is -2.12. The Labute approximate surface area is 140 Å². The van der Waals surface area contributed by atoms with E-state index in [4.69, 9.17) is 0 Å². The van der Waals surface area contributed by atoms with E-state index in [9.17, 15) is 8.78 Å². The van der Waals surface area contributed by atoms with E-state index in [1.54, 1.807) is 6.20 Å². The molecule has 0 spiro atoms. The first-order chi connectivity index (χ1) is 11.0. The molecule has 1 unspecified atom stereocenters. The van der Waals surface area contributed by atoms with Crippen LogP contribution in [0.5, 0.6) is 0 Å². The van der Waals surface area contributed by atoms with E-state index in [0.717, 1.165) is 21.4 Å². The Morgan fingerprint density at radius 2 is 1.91 bits per heavy atom. The van der Waals surface area contributed by atoms with Crippen LogP contribution >= 0.6 is 15.9 Å². The average Bonchev–Trinajstić information content (AvgIpc) is 2.52. The molecule has 0 saturated carbocycles. The van der Waals surface area contributed by atoms with Crippen molar-refractivity contribution >= 4 is 32.8 Å². The predicted molar refractivity (Wildman–Crippen MR) is 90.5 cm³/mol. The normalized spacial score (nSPS) is 12.3. The lowest BCUT2D eigenvalue weighted by Gasteiger charge is -2.13. The van der Waals surface area contributed by atoms with Crippen molar-refractivity contribution in [3.05, 3.63) is 64.3 Å². The number of halogens is 3. The standard InChI is InChI=1S/C17H14BrF2N3/c1-10(11-5-12(19)7-13(20)6-11)8-21-17-22-9-14-15(18)3-2-4-16(14)23-17/h2-7,9-10H,8H2,1H3,(H,21,22,23). The van der Waals surface area contributed by atoms with E-state index in [1.807, 2.05) is 25.1 Å². The molecule has 118 valence electrons. The second-order valence-corrected chi connectivity index (χ2v) is 6.21. The van der Waals surface area contributed by atoms with Crippen molar-refractivity contribution in [2.45, 2.75) is 12.8 Å². The molecule has 1 atom stereocenters. The zero-order valence-electron chi connectivity index (χ0n) is 12.4. The molecule has 1 N–H and O–H groups in total. The van der Waals surface area contributed by atoms with Gasteiger partial charge in [-0.1, -0.05) is 28.9 Å². The summed E-state index contributed by atoms with van der Waals surface area (Å²) in [6.45, 7) is 2.36. The molecule has 0 radical (unpaired) electrons. The average molecular weight is 378 g/mol. The van der Waals surface area contributed by atoms with Crippen LogP contribution in [0.25, 0.3) is 10.9 Å². The summed E-state index contributed by atoms with van der Waals surface area (Å²) in [5, 5.41) is 4.04. The van der Waals surface area contributed by atoms with Crippen molar-refractivity contribution in [3.63, 3.8) is 0 Å². The van der Waals surface area contributed by atoms with Crippen LogP contribution in [0, 0.1) is 11.6 Å². The number of hydrogen-bond donors (Lipinski definition) is 1. The van der Waals surface area contributed by atoms with E-state index in [1.165, 1.54) is 12.1 Å². The Hall–Kier alpha value is -2.08.